The van der Waals surface area contributed by atoms with Gasteiger partial charge >= 0.3 is 6.18 Å². The summed E-state index contributed by atoms with van der Waals surface area (Å²) in [5.74, 6) is -0.845. The number of fused-ring (bicyclic) bond motifs is 1. The largest absolute Gasteiger partial charge is 0.453 e. The van der Waals surface area contributed by atoms with Crippen molar-refractivity contribution in [2.45, 2.75) is 97.3 Å². The zero-order chi connectivity index (χ0) is 31.9. The van der Waals surface area contributed by atoms with Gasteiger partial charge in [0.05, 0.1) is 5.69 Å². The van der Waals surface area contributed by atoms with Crippen molar-refractivity contribution in [3.8, 4) is 5.69 Å². The van der Waals surface area contributed by atoms with Crippen molar-refractivity contribution in [1.29, 1.82) is 0 Å². The third-order valence-corrected chi connectivity index (χ3v) is 8.62. The Morgan fingerprint density at radius 2 is 1.61 bits per heavy atom. The van der Waals surface area contributed by atoms with Gasteiger partial charge in [0, 0.05) is 25.0 Å². The van der Waals surface area contributed by atoms with Crippen LogP contribution in [0.4, 0.5) is 17.6 Å². The van der Waals surface area contributed by atoms with Crippen LogP contribution in [0.3, 0.4) is 0 Å². The summed E-state index contributed by atoms with van der Waals surface area (Å²) in [4.78, 5) is 17.9. The fraction of sp³-hybridized carbons (Fsp3) is 0.576. The molecule has 2 aliphatic heterocycles. The topological polar surface area (TPSA) is 67.2 Å². The predicted molar refractivity (Wildman–Crippen MR) is 162 cm³/mol. The van der Waals surface area contributed by atoms with E-state index in [0.717, 1.165) is 56.3 Å². The highest BCUT2D eigenvalue weighted by Crippen LogP contribution is 2.36. The molecule has 0 radical (unpaired) electrons. The van der Waals surface area contributed by atoms with E-state index >= 15 is 0 Å². The van der Waals surface area contributed by atoms with Gasteiger partial charge in [-0.2, -0.15) is 17.9 Å². The first-order valence-corrected chi connectivity index (χ1v) is 15.9. The highest BCUT2D eigenvalue weighted by molar-refractivity contribution is 5.79. The highest BCUT2D eigenvalue weighted by atomic mass is 19.4. The lowest BCUT2D eigenvalue weighted by atomic mass is 9.88. The van der Waals surface area contributed by atoms with Gasteiger partial charge in [0.2, 0.25) is 5.91 Å². The van der Waals surface area contributed by atoms with Gasteiger partial charge in [-0.3, -0.25) is 4.79 Å². The van der Waals surface area contributed by atoms with E-state index in [1.807, 2.05) is 30.9 Å². The Morgan fingerprint density at radius 1 is 0.932 bits per heavy atom. The van der Waals surface area contributed by atoms with Crippen LogP contribution in [0.2, 0.25) is 0 Å². The highest BCUT2D eigenvalue weighted by Gasteiger charge is 2.39. The number of halogens is 4. The summed E-state index contributed by atoms with van der Waals surface area (Å²) in [6.07, 6.45) is 1.98. The molecular weight excluding hydrogens is 572 g/mol. The maximum atomic E-state index is 13.5. The van der Waals surface area contributed by atoms with E-state index in [1.54, 1.807) is 18.2 Å². The monoisotopic (exact) mass is 616 g/mol. The summed E-state index contributed by atoms with van der Waals surface area (Å²) in [6, 6.07) is 12.3. The molecule has 3 heterocycles. The molecule has 11 heteroatoms. The minimum atomic E-state index is -4.67. The van der Waals surface area contributed by atoms with E-state index in [9.17, 15) is 22.4 Å². The molecule has 240 valence electrons. The van der Waals surface area contributed by atoms with Gasteiger partial charge in [-0.05, 0) is 109 Å². The summed E-state index contributed by atoms with van der Waals surface area (Å²) in [5.41, 5.74) is 3.27. The van der Waals surface area contributed by atoms with Crippen LogP contribution in [0, 0.1) is 11.7 Å². The zero-order valence-corrected chi connectivity index (χ0v) is 26.2. The van der Waals surface area contributed by atoms with E-state index < -0.39 is 12.0 Å². The van der Waals surface area contributed by atoms with Crippen LogP contribution < -0.4 is 0 Å². The van der Waals surface area contributed by atoms with Crippen LogP contribution in [-0.4, -0.2) is 61.6 Å². The molecule has 2 fully saturated rings. The molecule has 1 aliphatic carbocycles. The summed E-state index contributed by atoms with van der Waals surface area (Å²) in [7, 11) is 0. The maximum Gasteiger partial charge on any atom is 0.453 e. The lowest BCUT2D eigenvalue weighted by molar-refractivity contribution is -0.146. The number of benzene rings is 2. The predicted octanol–water partition coefficient (Wildman–Crippen LogP) is 7.20. The molecule has 44 heavy (non-hydrogen) atoms. The molecular formula is C33H44F4N6O. The lowest BCUT2D eigenvalue weighted by Crippen LogP contribution is -2.42. The van der Waals surface area contributed by atoms with Crippen LogP contribution in [0.5, 0.6) is 0 Å². The molecule has 3 aliphatic rings. The smallest absolute Gasteiger partial charge is 0.338 e. The number of carbonyl (C=O) groups is 1. The second kappa shape index (κ2) is 15.1. The number of alkyl halides is 3. The molecule has 0 N–H and O–H groups in total. The summed E-state index contributed by atoms with van der Waals surface area (Å²) in [6.45, 7) is 11.2. The maximum absolute atomic E-state index is 13.5. The molecule has 2 atom stereocenters. The van der Waals surface area contributed by atoms with Crippen LogP contribution >= 0.6 is 0 Å². The fourth-order valence-electron chi connectivity index (χ4n) is 6.51. The normalized spacial score (nSPS) is 20.7. The number of rotatable bonds is 4. The van der Waals surface area contributed by atoms with Gasteiger partial charge in [-0.25, -0.2) is 4.39 Å². The minimum absolute atomic E-state index is 0.0362. The number of likely N-dealkylation sites (tertiary alicyclic amines) is 1. The van der Waals surface area contributed by atoms with E-state index in [0.29, 0.717) is 36.2 Å². The molecule has 1 saturated heterocycles. The van der Waals surface area contributed by atoms with Crippen LogP contribution in [0.25, 0.3) is 5.69 Å². The lowest BCUT2D eigenvalue weighted by Gasteiger charge is -2.36. The molecule has 1 amide bonds. The molecule has 1 saturated carbocycles. The Labute approximate surface area is 257 Å². The fourth-order valence-corrected chi connectivity index (χ4v) is 6.51. The van der Waals surface area contributed by atoms with Crippen molar-refractivity contribution in [2.24, 2.45) is 5.92 Å². The first-order valence-electron chi connectivity index (χ1n) is 15.9. The average molecular weight is 617 g/mol. The number of aromatic nitrogens is 4. The van der Waals surface area contributed by atoms with Crippen molar-refractivity contribution < 1.29 is 22.4 Å². The standard InChI is InChI=1S/C28H30F4N6O.C3H8.C2H6/c29-23-5-1-18(2-6-23)20-9-12-36(13-10-20)24-7-4-21(15-24)26(39)37-14-11-19-3-8-25(16-22(19)17-37)38-27(28(30,31)32)33-34-35-38;1-3-2;1-2/h1-3,5-6,8,16,20-21,24H,4,7,9-15,17H2;3H2,1-2H3;1-2H3/t21-,24?;;/m0../s1. The zero-order valence-electron chi connectivity index (χ0n) is 26.2. The van der Waals surface area contributed by atoms with Gasteiger partial charge in [0.1, 0.15) is 5.82 Å². The Hall–Kier alpha value is -3.34. The molecule has 1 unspecified atom stereocenters. The van der Waals surface area contributed by atoms with Crippen molar-refractivity contribution in [3.63, 3.8) is 0 Å². The molecule has 2 aromatic carbocycles. The molecule has 1 aromatic heterocycles. The van der Waals surface area contributed by atoms with E-state index in [-0.39, 0.29) is 23.3 Å². The van der Waals surface area contributed by atoms with Crippen LogP contribution in [-0.2, 0) is 23.9 Å². The molecule has 0 bridgehead atoms. The van der Waals surface area contributed by atoms with Crippen molar-refractivity contribution in [3.05, 3.63) is 70.8 Å². The van der Waals surface area contributed by atoms with Crippen LogP contribution in [0.1, 0.15) is 94.7 Å². The number of piperidine rings is 1. The van der Waals surface area contributed by atoms with E-state index in [4.69, 9.17) is 0 Å². The first-order chi connectivity index (χ1) is 21.2. The number of amides is 1. The minimum Gasteiger partial charge on any atom is -0.338 e. The number of hydrogen-bond donors (Lipinski definition) is 0. The van der Waals surface area contributed by atoms with Crippen molar-refractivity contribution in [1.82, 2.24) is 30.0 Å². The summed E-state index contributed by atoms with van der Waals surface area (Å²) >= 11 is 0. The van der Waals surface area contributed by atoms with E-state index in [1.165, 1.54) is 24.1 Å². The molecule has 3 aromatic rings. The molecule has 0 spiro atoms. The van der Waals surface area contributed by atoms with Gasteiger partial charge in [-0.15, -0.1) is 5.10 Å². The van der Waals surface area contributed by atoms with Gasteiger partial charge in [0.25, 0.3) is 5.82 Å². The second-order valence-electron chi connectivity index (χ2n) is 11.6. The number of nitrogens with zero attached hydrogens (tertiary/aromatic N) is 6. The quantitative estimate of drug-likeness (QED) is 0.290. The third-order valence-electron chi connectivity index (χ3n) is 8.62. The molecule has 6 rings (SSSR count). The van der Waals surface area contributed by atoms with Gasteiger partial charge in [-0.1, -0.05) is 52.3 Å². The van der Waals surface area contributed by atoms with Crippen molar-refractivity contribution in [2.75, 3.05) is 19.6 Å². The SMILES string of the molecule is CC.CCC.O=C([C@H]1CCC(N2CCC(c3ccc(F)cc3)CC2)C1)N1CCc2ccc(-n3nnnc3C(F)(F)F)cc2C1. The third kappa shape index (κ3) is 7.83. The van der Waals surface area contributed by atoms with Gasteiger partial charge < -0.3 is 9.80 Å². The summed E-state index contributed by atoms with van der Waals surface area (Å²) < 4.78 is 53.8. The first kappa shape index (κ1) is 33.6. The van der Waals surface area contributed by atoms with E-state index in [2.05, 4.69) is 34.3 Å². The Balaban J connectivity index is 0.000000834. The Kier molecular flexibility index (Phi) is 11.5. The Morgan fingerprint density at radius 3 is 2.27 bits per heavy atom. The van der Waals surface area contributed by atoms with Crippen molar-refractivity contribution >= 4 is 5.91 Å². The number of carbonyl (C=O) groups excluding carboxylic acids is 1. The van der Waals surface area contributed by atoms with Crippen LogP contribution in [0.15, 0.2) is 42.5 Å². The molecule has 7 nitrogen and oxygen atoms in total. The summed E-state index contributed by atoms with van der Waals surface area (Å²) in [5, 5.41) is 9.87. The number of hydrogen-bond acceptors (Lipinski definition) is 5. The van der Waals surface area contributed by atoms with Gasteiger partial charge in [0.15, 0.2) is 0 Å². The Bertz CT molecular complexity index is 1350. The number of tetrazole rings is 1. The average Bonchev–Trinajstić information content (AvgIpc) is 3.73. The second-order valence-corrected chi connectivity index (χ2v) is 11.6.